The summed E-state index contributed by atoms with van der Waals surface area (Å²) in [6.45, 7) is 2.83. The molecule has 0 bridgehead atoms. The van der Waals surface area contributed by atoms with Crippen molar-refractivity contribution in [1.82, 2.24) is 4.90 Å². The van der Waals surface area contributed by atoms with Gasteiger partial charge in [-0.1, -0.05) is 41.9 Å². The number of amides is 1. The molecule has 0 radical (unpaired) electrons. The Kier molecular flexibility index (Phi) is 6.45. The van der Waals surface area contributed by atoms with Gasteiger partial charge in [0.05, 0.1) is 19.3 Å². The van der Waals surface area contributed by atoms with Gasteiger partial charge in [0.2, 0.25) is 5.91 Å². The lowest BCUT2D eigenvalue weighted by Crippen LogP contribution is -2.41. The molecule has 1 N–H and O–H groups in total. The fraction of sp³-hybridized carbons (Fsp3) is 0.350. The molecule has 2 aromatic carbocycles. The summed E-state index contributed by atoms with van der Waals surface area (Å²) in [5.74, 6) is 0.00553. The van der Waals surface area contributed by atoms with Crippen LogP contribution in [0.15, 0.2) is 54.6 Å². The van der Waals surface area contributed by atoms with E-state index in [2.05, 4.69) is 22.3 Å². The molecule has 1 saturated heterocycles. The number of anilines is 1. The lowest BCUT2D eigenvalue weighted by Gasteiger charge is -2.31. The van der Waals surface area contributed by atoms with E-state index in [0.29, 0.717) is 18.2 Å². The summed E-state index contributed by atoms with van der Waals surface area (Å²) in [5.41, 5.74) is 1.97. The summed E-state index contributed by atoms with van der Waals surface area (Å²) < 4.78 is 5.99. The van der Waals surface area contributed by atoms with Crippen molar-refractivity contribution in [1.29, 1.82) is 0 Å². The molecule has 1 fully saturated rings. The first-order chi connectivity index (χ1) is 12.2. The van der Waals surface area contributed by atoms with Gasteiger partial charge in [-0.3, -0.25) is 9.69 Å². The first kappa shape index (κ1) is 17.9. The van der Waals surface area contributed by atoms with Crippen LogP contribution < -0.4 is 5.32 Å². The maximum atomic E-state index is 12.1. The van der Waals surface area contributed by atoms with Crippen LogP contribution in [-0.4, -0.2) is 36.5 Å². The Morgan fingerprint density at radius 3 is 2.44 bits per heavy atom. The van der Waals surface area contributed by atoms with Crippen LogP contribution >= 0.6 is 11.6 Å². The average Bonchev–Trinajstić information content (AvgIpc) is 2.64. The van der Waals surface area contributed by atoms with Crippen LogP contribution in [0.3, 0.4) is 0 Å². The van der Waals surface area contributed by atoms with Crippen LogP contribution in [0.25, 0.3) is 0 Å². The van der Waals surface area contributed by atoms with E-state index in [4.69, 9.17) is 16.3 Å². The molecule has 0 spiro atoms. The number of rotatable bonds is 6. The van der Waals surface area contributed by atoms with Gasteiger partial charge in [0.1, 0.15) is 0 Å². The van der Waals surface area contributed by atoms with Crippen molar-refractivity contribution < 1.29 is 9.53 Å². The maximum Gasteiger partial charge on any atom is 0.238 e. The van der Waals surface area contributed by atoms with Crippen LogP contribution in [0.2, 0.25) is 5.02 Å². The minimum Gasteiger partial charge on any atom is -0.373 e. The number of halogens is 1. The van der Waals surface area contributed by atoms with E-state index >= 15 is 0 Å². The Morgan fingerprint density at radius 2 is 1.76 bits per heavy atom. The van der Waals surface area contributed by atoms with Crippen molar-refractivity contribution in [3.8, 4) is 0 Å². The van der Waals surface area contributed by atoms with E-state index in [9.17, 15) is 4.79 Å². The second kappa shape index (κ2) is 8.99. The normalized spacial score (nSPS) is 15.9. The Balaban J connectivity index is 1.37. The molecule has 1 amide bonds. The summed E-state index contributed by atoms with van der Waals surface area (Å²) in [6, 6.07) is 17.4. The van der Waals surface area contributed by atoms with Gasteiger partial charge in [-0.25, -0.2) is 0 Å². The summed E-state index contributed by atoms with van der Waals surface area (Å²) in [4.78, 5) is 14.3. The van der Waals surface area contributed by atoms with E-state index in [-0.39, 0.29) is 12.0 Å². The molecule has 25 heavy (non-hydrogen) atoms. The Morgan fingerprint density at radius 1 is 1.08 bits per heavy atom. The highest BCUT2D eigenvalue weighted by molar-refractivity contribution is 6.30. The molecule has 2 aromatic rings. The van der Waals surface area contributed by atoms with Crippen LogP contribution in [0.5, 0.6) is 0 Å². The highest BCUT2D eigenvalue weighted by Gasteiger charge is 2.21. The van der Waals surface area contributed by atoms with Crippen LogP contribution in [0.1, 0.15) is 18.4 Å². The third kappa shape index (κ3) is 5.85. The SMILES string of the molecule is O=C(CN1CCC(OCc2ccccc2)CC1)Nc1ccc(Cl)cc1. The molecular formula is C20H23ClN2O2. The molecule has 1 heterocycles. The number of carbonyl (C=O) groups excluding carboxylic acids is 1. The molecule has 1 aliphatic heterocycles. The maximum absolute atomic E-state index is 12.1. The zero-order chi connectivity index (χ0) is 17.5. The minimum atomic E-state index is 0.00553. The molecule has 132 valence electrons. The van der Waals surface area contributed by atoms with Crippen LogP contribution in [0, 0.1) is 0 Å². The monoisotopic (exact) mass is 358 g/mol. The molecular weight excluding hydrogens is 336 g/mol. The molecule has 5 heteroatoms. The van der Waals surface area contributed by atoms with Crippen molar-refractivity contribution in [2.24, 2.45) is 0 Å². The van der Waals surface area contributed by atoms with E-state index in [1.807, 2.05) is 30.3 Å². The van der Waals surface area contributed by atoms with Crippen LogP contribution in [0.4, 0.5) is 5.69 Å². The number of piperidine rings is 1. The van der Waals surface area contributed by atoms with Gasteiger partial charge in [-0.15, -0.1) is 0 Å². The summed E-state index contributed by atoms with van der Waals surface area (Å²) in [5, 5.41) is 3.57. The Hall–Kier alpha value is -1.88. The third-order valence-electron chi connectivity index (χ3n) is 4.36. The predicted molar refractivity (Wildman–Crippen MR) is 101 cm³/mol. The smallest absolute Gasteiger partial charge is 0.238 e. The number of nitrogens with one attached hydrogen (secondary N) is 1. The summed E-state index contributed by atoms with van der Waals surface area (Å²) >= 11 is 5.85. The number of carbonyl (C=O) groups is 1. The molecule has 0 unspecified atom stereocenters. The van der Waals surface area contributed by atoms with Gasteiger partial charge < -0.3 is 10.1 Å². The van der Waals surface area contributed by atoms with Crippen molar-refractivity contribution in [2.75, 3.05) is 25.0 Å². The fourth-order valence-electron chi connectivity index (χ4n) is 2.96. The average molecular weight is 359 g/mol. The van der Waals surface area contributed by atoms with Gasteiger partial charge in [0.25, 0.3) is 0 Å². The zero-order valence-corrected chi connectivity index (χ0v) is 14.9. The molecule has 0 aliphatic carbocycles. The lowest BCUT2D eigenvalue weighted by molar-refractivity contribution is -0.118. The molecule has 0 aromatic heterocycles. The van der Waals surface area contributed by atoms with Crippen molar-refractivity contribution >= 4 is 23.2 Å². The quantitative estimate of drug-likeness (QED) is 0.849. The number of ether oxygens (including phenoxy) is 1. The summed E-state index contributed by atoms with van der Waals surface area (Å²) in [7, 11) is 0. The third-order valence-corrected chi connectivity index (χ3v) is 4.61. The number of hydrogen-bond donors (Lipinski definition) is 1. The fourth-order valence-corrected chi connectivity index (χ4v) is 3.09. The Labute approximate surface area is 153 Å². The number of benzene rings is 2. The van der Waals surface area contributed by atoms with Gasteiger partial charge >= 0.3 is 0 Å². The second-order valence-corrected chi connectivity index (χ2v) is 6.76. The number of nitrogens with zero attached hydrogens (tertiary/aromatic N) is 1. The highest BCUT2D eigenvalue weighted by Crippen LogP contribution is 2.16. The van der Waals surface area contributed by atoms with Gasteiger partial charge in [-0.2, -0.15) is 0 Å². The van der Waals surface area contributed by atoms with Crippen molar-refractivity contribution in [3.63, 3.8) is 0 Å². The standard InChI is InChI=1S/C20H23ClN2O2/c21-17-6-8-18(9-7-17)22-20(24)14-23-12-10-19(11-13-23)25-15-16-4-2-1-3-5-16/h1-9,19H,10-15H2,(H,22,24). The number of hydrogen-bond acceptors (Lipinski definition) is 3. The van der Waals surface area contributed by atoms with Crippen molar-refractivity contribution in [2.45, 2.75) is 25.6 Å². The summed E-state index contributed by atoms with van der Waals surface area (Å²) in [6.07, 6.45) is 2.19. The first-order valence-corrected chi connectivity index (χ1v) is 9.00. The number of likely N-dealkylation sites (tertiary alicyclic amines) is 1. The first-order valence-electron chi connectivity index (χ1n) is 8.62. The second-order valence-electron chi connectivity index (χ2n) is 6.33. The largest absolute Gasteiger partial charge is 0.373 e. The molecule has 0 saturated carbocycles. The predicted octanol–water partition coefficient (Wildman–Crippen LogP) is 3.96. The minimum absolute atomic E-state index is 0.00553. The Bertz CT molecular complexity index is 668. The lowest BCUT2D eigenvalue weighted by atomic mass is 10.1. The van der Waals surface area contributed by atoms with E-state index in [1.165, 1.54) is 5.56 Å². The molecule has 3 rings (SSSR count). The van der Waals surface area contributed by atoms with E-state index < -0.39 is 0 Å². The van der Waals surface area contributed by atoms with Gasteiger partial charge in [-0.05, 0) is 42.7 Å². The zero-order valence-electron chi connectivity index (χ0n) is 14.2. The van der Waals surface area contributed by atoms with Gasteiger partial charge in [0.15, 0.2) is 0 Å². The van der Waals surface area contributed by atoms with Crippen LogP contribution in [-0.2, 0) is 16.1 Å². The van der Waals surface area contributed by atoms with E-state index in [1.54, 1.807) is 12.1 Å². The molecule has 1 aliphatic rings. The van der Waals surface area contributed by atoms with E-state index in [0.717, 1.165) is 31.6 Å². The topological polar surface area (TPSA) is 41.6 Å². The van der Waals surface area contributed by atoms with Crippen molar-refractivity contribution in [3.05, 3.63) is 65.2 Å². The molecule has 4 nitrogen and oxygen atoms in total. The highest BCUT2D eigenvalue weighted by atomic mass is 35.5. The molecule has 0 atom stereocenters. The van der Waals surface area contributed by atoms with Gasteiger partial charge in [0, 0.05) is 23.8 Å².